The molecule has 5 aromatic rings. The lowest BCUT2D eigenvalue weighted by Crippen LogP contribution is -2.37. The van der Waals surface area contributed by atoms with Crippen LogP contribution >= 0.6 is 0 Å². The van der Waals surface area contributed by atoms with Gasteiger partial charge in [-0.3, -0.25) is 14.2 Å². The zero-order valence-electron chi connectivity index (χ0n) is 21.6. The predicted molar refractivity (Wildman–Crippen MR) is 148 cm³/mol. The first-order valence-electron chi connectivity index (χ1n) is 12.5. The minimum Gasteiger partial charge on any atom is -0.324 e. The topological polar surface area (TPSA) is 55.2 Å². The third-order valence-corrected chi connectivity index (χ3v) is 6.78. The summed E-state index contributed by atoms with van der Waals surface area (Å²) in [5.41, 5.74) is 4.12. The highest BCUT2D eigenvalue weighted by Gasteiger charge is 2.28. The summed E-state index contributed by atoms with van der Waals surface area (Å²) in [6.07, 6.45) is 0. The van der Waals surface area contributed by atoms with Crippen LogP contribution in [0.4, 0.5) is 4.39 Å². The van der Waals surface area contributed by atoms with Gasteiger partial charge in [0, 0.05) is 12.1 Å². The first kappa shape index (κ1) is 25.1. The molecule has 0 saturated carbocycles. The van der Waals surface area contributed by atoms with Crippen LogP contribution in [0, 0.1) is 19.7 Å². The average Bonchev–Trinajstić information content (AvgIpc) is 2.93. The van der Waals surface area contributed by atoms with E-state index in [4.69, 9.17) is 4.98 Å². The number of halogens is 1. The van der Waals surface area contributed by atoms with E-state index in [0.29, 0.717) is 22.4 Å². The largest absolute Gasteiger partial charge is 0.324 e. The highest BCUT2D eigenvalue weighted by Crippen LogP contribution is 2.28. The van der Waals surface area contributed by atoms with Crippen LogP contribution in [0.25, 0.3) is 16.6 Å². The summed E-state index contributed by atoms with van der Waals surface area (Å²) in [4.78, 5) is 34.4. The Balaban J connectivity index is 1.73. The second kappa shape index (κ2) is 10.4. The minimum absolute atomic E-state index is 0.205. The molecule has 5 rings (SSSR count). The van der Waals surface area contributed by atoms with Gasteiger partial charge in [-0.2, -0.15) is 0 Å². The quantitative estimate of drug-likeness (QED) is 0.263. The van der Waals surface area contributed by atoms with Gasteiger partial charge in [0.15, 0.2) is 0 Å². The van der Waals surface area contributed by atoms with E-state index in [0.717, 1.165) is 16.7 Å². The molecule has 0 aliphatic heterocycles. The van der Waals surface area contributed by atoms with Crippen molar-refractivity contribution in [3.8, 4) is 5.69 Å². The normalized spacial score (nSPS) is 11.9. The van der Waals surface area contributed by atoms with Gasteiger partial charge in [0.2, 0.25) is 0 Å². The Bertz CT molecular complexity index is 1700. The summed E-state index contributed by atoms with van der Waals surface area (Å²) >= 11 is 0. The molecule has 190 valence electrons. The maximum Gasteiger partial charge on any atom is 0.266 e. The second-order valence-corrected chi connectivity index (χ2v) is 9.52. The van der Waals surface area contributed by atoms with Crippen molar-refractivity contribution in [2.75, 3.05) is 0 Å². The van der Waals surface area contributed by atoms with Crippen molar-refractivity contribution in [1.29, 1.82) is 0 Å². The lowest BCUT2D eigenvalue weighted by Gasteiger charge is -2.31. The molecule has 0 fully saturated rings. The average molecular weight is 506 g/mol. The molecule has 1 atom stereocenters. The van der Waals surface area contributed by atoms with Crippen molar-refractivity contribution in [2.45, 2.75) is 33.4 Å². The third kappa shape index (κ3) is 4.85. The summed E-state index contributed by atoms with van der Waals surface area (Å²) in [5, 5.41) is 0.496. The number of fused-ring (bicyclic) bond motifs is 1. The molecule has 1 unspecified atom stereocenters. The number of hydrogen-bond acceptors (Lipinski definition) is 3. The van der Waals surface area contributed by atoms with Crippen LogP contribution in [0.15, 0.2) is 102 Å². The standard InChI is InChI=1S/C32H28FN3O2/c1-21-16-17-22(2)29(18-21)36-30(34-28-15-8-7-14-27(28)32(36)38)23(3)35(20-24-10-5-4-6-11-24)31(37)25-12-9-13-26(33)19-25/h4-19,23H,20H2,1-3H3. The number of nitrogens with zero attached hydrogens (tertiary/aromatic N) is 3. The fourth-order valence-electron chi connectivity index (χ4n) is 4.71. The first-order chi connectivity index (χ1) is 18.3. The van der Waals surface area contributed by atoms with E-state index in [2.05, 4.69) is 0 Å². The fourth-order valence-corrected chi connectivity index (χ4v) is 4.71. The summed E-state index contributed by atoms with van der Waals surface area (Å²) in [5.74, 6) is -0.404. The van der Waals surface area contributed by atoms with Gasteiger partial charge in [0.25, 0.3) is 11.5 Å². The van der Waals surface area contributed by atoms with Gasteiger partial charge < -0.3 is 4.90 Å². The maximum atomic E-state index is 14.1. The molecule has 1 heterocycles. The second-order valence-electron chi connectivity index (χ2n) is 9.52. The number of amides is 1. The first-order valence-corrected chi connectivity index (χ1v) is 12.5. The molecule has 0 saturated heterocycles. The zero-order valence-corrected chi connectivity index (χ0v) is 21.6. The van der Waals surface area contributed by atoms with Gasteiger partial charge in [-0.1, -0.05) is 60.7 Å². The Kier molecular flexibility index (Phi) is 6.88. The number of benzene rings is 4. The molecule has 0 radical (unpaired) electrons. The van der Waals surface area contributed by atoms with Crippen molar-refractivity contribution in [3.63, 3.8) is 0 Å². The van der Waals surface area contributed by atoms with E-state index < -0.39 is 11.9 Å². The molecular weight excluding hydrogens is 477 g/mol. The molecule has 0 N–H and O–H groups in total. The Morgan fingerprint density at radius 3 is 2.42 bits per heavy atom. The maximum absolute atomic E-state index is 14.1. The lowest BCUT2D eigenvalue weighted by atomic mass is 10.1. The molecule has 1 amide bonds. The van der Waals surface area contributed by atoms with Crippen LogP contribution in [-0.2, 0) is 6.54 Å². The fraction of sp³-hybridized carbons (Fsp3) is 0.156. The minimum atomic E-state index is -0.622. The third-order valence-electron chi connectivity index (χ3n) is 6.78. The number of aryl methyl sites for hydroxylation is 2. The molecule has 0 aliphatic rings. The predicted octanol–water partition coefficient (Wildman–Crippen LogP) is 6.55. The molecular formula is C32H28FN3O2. The number of carbonyl (C=O) groups is 1. The van der Waals surface area contributed by atoms with Crippen LogP contribution < -0.4 is 5.56 Å². The molecule has 0 aliphatic carbocycles. The van der Waals surface area contributed by atoms with Crippen LogP contribution in [0.3, 0.4) is 0 Å². The van der Waals surface area contributed by atoms with Crippen molar-refractivity contribution >= 4 is 16.8 Å². The molecule has 4 aromatic carbocycles. The Labute approximate surface area is 220 Å². The van der Waals surface area contributed by atoms with Gasteiger partial charge in [0.05, 0.1) is 22.6 Å². The van der Waals surface area contributed by atoms with Crippen molar-refractivity contribution < 1.29 is 9.18 Å². The van der Waals surface area contributed by atoms with Gasteiger partial charge in [-0.25, -0.2) is 9.37 Å². The highest BCUT2D eigenvalue weighted by molar-refractivity contribution is 5.94. The molecule has 5 nitrogen and oxygen atoms in total. The van der Waals surface area contributed by atoms with Gasteiger partial charge >= 0.3 is 0 Å². The molecule has 0 bridgehead atoms. The number of carbonyl (C=O) groups excluding carboxylic acids is 1. The summed E-state index contributed by atoms with van der Waals surface area (Å²) in [6, 6.07) is 27.8. The number of rotatable bonds is 6. The van der Waals surface area contributed by atoms with E-state index in [1.807, 2.05) is 81.4 Å². The van der Waals surface area contributed by atoms with E-state index in [9.17, 15) is 14.0 Å². The molecule has 0 spiro atoms. The van der Waals surface area contributed by atoms with E-state index in [-0.39, 0.29) is 23.6 Å². The Morgan fingerprint density at radius 2 is 1.66 bits per heavy atom. The molecule has 1 aromatic heterocycles. The van der Waals surface area contributed by atoms with Crippen LogP contribution in [0.5, 0.6) is 0 Å². The van der Waals surface area contributed by atoms with E-state index in [1.165, 1.54) is 18.2 Å². The molecule has 6 heteroatoms. The van der Waals surface area contributed by atoms with Gasteiger partial charge in [-0.15, -0.1) is 0 Å². The monoisotopic (exact) mass is 505 g/mol. The van der Waals surface area contributed by atoms with Crippen molar-refractivity contribution in [3.05, 3.63) is 141 Å². The van der Waals surface area contributed by atoms with Crippen LogP contribution in [0.2, 0.25) is 0 Å². The summed E-state index contributed by atoms with van der Waals surface area (Å²) in [7, 11) is 0. The number of aromatic nitrogens is 2. The van der Waals surface area contributed by atoms with Crippen LogP contribution in [0.1, 0.15) is 45.8 Å². The smallest absolute Gasteiger partial charge is 0.266 e. The van der Waals surface area contributed by atoms with Crippen molar-refractivity contribution in [2.24, 2.45) is 0 Å². The van der Waals surface area contributed by atoms with E-state index in [1.54, 1.807) is 27.7 Å². The lowest BCUT2D eigenvalue weighted by molar-refractivity contribution is 0.0663. The van der Waals surface area contributed by atoms with Crippen molar-refractivity contribution in [1.82, 2.24) is 14.5 Å². The number of para-hydroxylation sites is 1. The summed E-state index contributed by atoms with van der Waals surface area (Å²) < 4.78 is 15.7. The van der Waals surface area contributed by atoms with Gasteiger partial charge in [0.1, 0.15) is 11.6 Å². The number of hydrogen-bond donors (Lipinski definition) is 0. The highest BCUT2D eigenvalue weighted by atomic mass is 19.1. The molecule has 38 heavy (non-hydrogen) atoms. The Morgan fingerprint density at radius 1 is 0.921 bits per heavy atom. The SMILES string of the molecule is Cc1ccc(C)c(-n2c(C(C)N(Cc3ccccc3)C(=O)c3cccc(F)c3)nc3ccccc3c2=O)c1. The van der Waals surface area contributed by atoms with E-state index >= 15 is 0 Å². The zero-order chi connectivity index (χ0) is 26.8. The van der Waals surface area contributed by atoms with Gasteiger partial charge in [-0.05, 0) is 73.9 Å². The summed E-state index contributed by atoms with van der Waals surface area (Å²) in [6.45, 7) is 6.04. The Hall–Kier alpha value is -4.58. The van der Waals surface area contributed by atoms with Crippen LogP contribution in [-0.4, -0.2) is 20.4 Å².